The summed E-state index contributed by atoms with van der Waals surface area (Å²) in [6, 6.07) is -3.02. The molecule has 0 saturated carbocycles. The summed E-state index contributed by atoms with van der Waals surface area (Å²) in [7, 11) is 0. The molecule has 3 amide bonds. The molecule has 0 spiro atoms. The van der Waals surface area contributed by atoms with Crippen LogP contribution in [0.15, 0.2) is 0 Å². The molecule has 4 unspecified atom stereocenters. The summed E-state index contributed by atoms with van der Waals surface area (Å²) < 4.78 is 0. The number of nitrogens with one attached hydrogen (secondary N) is 4. The quantitative estimate of drug-likeness (QED) is 0.366. The summed E-state index contributed by atoms with van der Waals surface area (Å²) in [6.07, 6.45) is 2.00. The number of aliphatic carboxylic acids is 1. The predicted molar refractivity (Wildman–Crippen MR) is 95.3 cm³/mol. The van der Waals surface area contributed by atoms with Gasteiger partial charge in [-0.25, -0.2) is 0 Å². The van der Waals surface area contributed by atoms with Crippen LogP contribution in [0.2, 0.25) is 0 Å². The van der Waals surface area contributed by atoms with Crippen LogP contribution in [0.4, 0.5) is 0 Å². The van der Waals surface area contributed by atoms with Crippen molar-refractivity contribution in [3.8, 4) is 0 Å². The van der Waals surface area contributed by atoms with E-state index in [1.165, 1.54) is 6.92 Å². The number of carboxylic acid groups (broad SMARTS) is 1. The zero-order chi connectivity index (χ0) is 19.9. The lowest BCUT2D eigenvalue weighted by atomic mass is 10.0. The van der Waals surface area contributed by atoms with E-state index < -0.39 is 35.9 Å². The highest BCUT2D eigenvalue weighted by Gasteiger charge is 2.29. The standard InChI is InChI=1S/C17H30N4O5/c1-9(2)8-13(16(24)20-11(4)17(25)26)21-14(22)10(3)19-15(23)12-6-5-7-18-12/h9-13,18H,5-8H2,1-4H3,(H,19,23)(H,20,24)(H,21,22)(H,25,26). The molecule has 0 aromatic heterocycles. The Labute approximate surface area is 153 Å². The molecule has 1 fully saturated rings. The molecule has 1 aliphatic heterocycles. The third-order valence-corrected chi connectivity index (χ3v) is 4.20. The van der Waals surface area contributed by atoms with E-state index in [1.807, 2.05) is 13.8 Å². The Hall–Kier alpha value is -2.16. The van der Waals surface area contributed by atoms with Crippen molar-refractivity contribution in [2.24, 2.45) is 5.92 Å². The molecular weight excluding hydrogens is 340 g/mol. The fraction of sp³-hybridized carbons (Fsp3) is 0.765. The van der Waals surface area contributed by atoms with Gasteiger partial charge in [0, 0.05) is 0 Å². The molecule has 0 radical (unpaired) electrons. The van der Waals surface area contributed by atoms with E-state index in [9.17, 15) is 19.2 Å². The highest BCUT2D eigenvalue weighted by molar-refractivity contribution is 5.93. The van der Waals surface area contributed by atoms with Crippen molar-refractivity contribution in [1.29, 1.82) is 0 Å². The van der Waals surface area contributed by atoms with Crippen LogP contribution in [0, 0.1) is 5.92 Å². The number of carbonyl (C=O) groups excluding carboxylic acids is 3. The molecular formula is C17H30N4O5. The fourth-order valence-electron chi connectivity index (χ4n) is 2.66. The van der Waals surface area contributed by atoms with E-state index in [4.69, 9.17) is 5.11 Å². The van der Waals surface area contributed by atoms with Gasteiger partial charge in [-0.1, -0.05) is 13.8 Å². The summed E-state index contributed by atoms with van der Waals surface area (Å²) in [5.74, 6) is -2.33. The van der Waals surface area contributed by atoms with Crippen LogP contribution in [0.3, 0.4) is 0 Å². The van der Waals surface area contributed by atoms with Gasteiger partial charge in [-0.05, 0) is 45.6 Å². The van der Waals surface area contributed by atoms with Gasteiger partial charge < -0.3 is 26.4 Å². The smallest absolute Gasteiger partial charge is 0.325 e. The molecule has 0 aliphatic carbocycles. The van der Waals surface area contributed by atoms with Gasteiger partial charge in [0.25, 0.3) is 0 Å². The Morgan fingerprint density at radius 3 is 2.15 bits per heavy atom. The molecule has 148 valence electrons. The van der Waals surface area contributed by atoms with Crippen LogP contribution >= 0.6 is 0 Å². The largest absolute Gasteiger partial charge is 0.480 e. The maximum Gasteiger partial charge on any atom is 0.325 e. The van der Waals surface area contributed by atoms with Crippen molar-refractivity contribution in [2.75, 3.05) is 6.54 Å². The van der Waals surface area contributed by atoms with Crippen molar-refractivity contribution < 1.29 is 24.3 Å². The second-order valence-corrected chi connectivity index (χ2v) is 7.14. The average molecular weight is 370 g/mol. The number of carboxylic acids is 1. The maximum atomic E-state index is 12.4. The molecule has 1 aliphatic rings. The normalized spacial score (nSPS) is 20.1. The van der Waals surface area contributed by atoms with Crippen LogP contribution in [-0.4, -0.2) is 59.5 Å². The minimum absolute atomic E-state index is 0.110. The molecule has 9 nitrogen and oxygen atoms in total. The van der Waals surface area contributed by atoms with Gasteiger partial charge >= 0.3 is 5.97 Å². The zero-order valence-electron chi connectivity index (χ0n) is 15.8. The van der Waals surface area contributed by atoms with Crippen LogP contribution in [0.1, 0.15) is 47.0 Å². The molecule has 0 aromatic carbocycles. The van der Waals surface area contributed by atoms with Crippen LogP contribution in [-0.2, 0) is 19.2 Å². The van der Waals surface area contributed by atoms with E-state index in [0.717, 1.165) is 19.4 Å². The first kappa shape index (κ1) is 21.9. The van der Waals surface area contributed by atoms with E-state index in [2.05, 4.69) is 21.3 Å². The first-order valence-corrected chi connectivity index (χ1v) is 8.99. The third-order valence-electron chi connectivity index (χ3n) is 4.20. The summed E-state index contributed by atoms with van der Waals surface area (Å²) in [5.41, 5.74) is 0. The van der Waals surface area contributed by atoms with E-state index in [1.54, 1.807) is 6.92 Å². The first-order valence-electron chi connectivity index (χ1n) is 8.99. The Morgan fingerprint density at radius 2 is 1.65 bits per heavy atom. The van der Waals surface area contributed by atoms with Crippen molar-refractivity contribution in [3.63, 3.8) is 0 Å². The number of hydrogen-bond donors (Lipinski definition) is 5. The van der Waals surface area contributed by atoms with Gasteiger partial charge in [-0.2, -0.15) is 0 Å². The average Bonchev–Trinajstić information content (AvgIpc) is 3.07. The monoisotopic (exact) mass is 370 g/mol. The van der Waals surface area contributed by atoms with Gasteiger partial charge in [0.15, 0.2) is 0 Å². The van der Waals surface area contributed by atoms with Gasteiger partial charge in [0.1, 0.15) is 18.1 Å². The summed E-state index contributed by atoms with van der Waals surface area (Å²) in [6.45, 7) is 7.46. The number of carbonyl (C=O) groups is 4. The molecule has 0 bridgehead atoms. The van der Waals surface area contributed by atoms with E-state index in [0.29, 0.717) is 6.42 Å². The molecule has 9 heteroatoms. The summed E-state index contributed by atoms with van der Waals surface area (Å²) >= 11 is 0. The van der Waals surface area contributed by atoms with Gasteiger partial charge in [0.05, 0.1) is 6.04 Å². The van der Waals surface area contributed by atoms with Crippen LogP contribution in [0.25, 0.3) is 0 Å². The van der Waals surface area contributed by atoms with Gasteiger partial charge in [-0.3, -0.25) is 19.2 Å². The van der Waals surface area contributed by atoms with Gasteiger partial charge in [-0.15, -0.1) is 0 Å². The molecule has 1 heterocycles. The van der Waals surface area contributed by atoms with Crippen molar-refractivity contribution >= 4 is 23.7 Å². The molecule has 26 heavy (non-hydrogen) atoms. The molecule has 1 rings (SSSR count). The van der Waals surface area contributed by atoms with E-state index in [-0.39, 0.29) is 17.9 Å². The molecule has 1 saturated heterocycles. The fourth-order valence-corrected chi connectivity index (χ4v) is 2.66. The second kappa shape index (κ2) is 10.1. The second-order valence-electron chi connectivity index (χ2n) is 7.14. The lowest BCUT2D eigenvalue weighted by Gasteiger charge is -2.24. The summed E-state index contributed by atoms with van der Waals surface area (Å²) in [5, 5.41) is 19.6. The Morgan fingerprint density at radius 1 is 1.00 bits per heavy atom. The molecule has 5 N–H and O–H groups in total. The Kier molecular flexibility index (Phi) is 8.50. The van der Waals surface area contributed by atoms with Crippen molar-refractivity contribution in [2.45, 2.75) is 71.1 Å². The topological polar surface area (TPSA) is 137 Å². The Balaban J connectivity index is 2.64. The zero-order valence-corrected chi connectivity index (χ0v) is 15.8. The Bertz CT molecular complexity index is 531. The maximum absolute atomic E-state index is 12.4. The minimum atomic E-state index is -1.15. The van der Waals surface area contributed by atoms with E-state index >= 15 is 0 Å². The van der Waals surface area contributed by atoms with Crippen molar-refractivity contribution in [1.82, 2.24) is 21.3 Å². The SMILES string of the molecule is CC(C)CC(NC(=O)C(C)NC(=O)C1CCCN1)C(=O)NC(C)C(=O)O. The van der Waals surface area contributed by atoms with Gasteiger partial charge in [0.2, 0.25) is 17.7 Å². The predicted octanol–water partition coefficient (Wildman–Crippen LogP) is -0.637. The van der Waals surface area contributed by atoms with Crippen molar-refractivity contribution in [3.05, 3.63) is 0 Å². The lowest BCUT2D eigenvalue weighted by Crippen LogP contribution is -2.56. The highest BCUT2D eigenvalue weighted by atomic mass is 16.4. The summed E-state index contributed by atoms with van der Waals surface area (Å²) in [4.78, 5) is 47.6. The highest BCUT2D eigenvalue weighted by Crippen LogP contribution is 2.07. The lowest BCUT2D eigenvalue weighted by molar-refractivity contribution is -0.141. The first-order chi connectivity index (χ1) is 12.1. The molecule has 4 atom stereocenters. The molecule has 0 aromatic rings. The van der Waals surface area contributed by atoms with Crippen LogP contribution in [0.5, 0.6) is 0 Å². The third kappa shape index (κ3) is 6.99. The number of hydrogen-bond acceptors (Lipinski definition) is 5. The minimum Gasteiger partial charge on any atom is -0.480 e. The number of amides is 3. The number of rotatable bonds is 9. The van der Waals surface area contributed by atoms with Crippen LogP contribution < -0.4 is 21.3 Å².